The van der Waals surface area contributed by atoms with Gasteiger partial charge < -0.3 is 50.5 Å². The lowest BCUT2D eigenvalue weighted by Crippen LogP contribution is -2.60. The van der Waals surface area contributed by atoms with Crippen molar-refractivity contribution in [1.29, 1.82) is 0 Å². The summed E-state index contributed by atoms with van der Waals surface area (Å²) in [7, 11) is 0. The third-order valence-electron chi connectivity index (χ3n) is 11.1. The maximum atomic E-state index is 13.0. The molecule has 0 aromatic heterocycles. The molecule has 0 bridgehead atoms. The van der Waals surface area contributed by atoms with Gasteiger partial charge in [-0.3, -0.25) is 4.79 Å². The minimum absolute atomic E-state index is 0.256. The van der Waals surface area contributed by atoms with Crippen LogP contribution in [-0.4, -0.2) is 110 Å². The van der Waals surface area contributed by atoms with E-state index in [1.54, 1.807) is 0 Å². The monoisotopic (exact) mass is 788 g/mol. The van der Waals surface area contributed by atoms with E-state index >= 15 is 0 Å². The van der Waals surface area contributed by atoms with Crippen molar-refractivity contribution in [3.05, 3.63) is 12.2 Å². The molecule has 55 heavy (non-hydrogen) atoms. The van der Waals surface area contributed by atoms with Crippen LogP contribution in [-0.2, 0) is 14.3 Å². The van der Waals surface area contributed by atoms with E-state index in [-0.39, 0.29) is 6.42 Å². The number of allylic oxidation sites excluding steroid dienone is 2. The fourth-order valence-corrected chi connectivity index (χ4v) is 7.26. The predicted molar refractivity (Wildman–Crippen MR) is 219 cm³/mol. The summed E-state index contributed by atoms with van der Waals surface area (Å²) < 4.78 is 11.0. The Morgan fingerprint density at radius 3 is 1.53 bits per heavy atom. The Balaban J connectivity index is 2.28. The van der Waals surface area contributed by atoms with Crippen molar-refractivity contribution in [1.82, 2.24) is 5.32 Å². The molecule has 9 unspecified atom stereocenters. The van der Waals surface area contributed by atoms with Crippen molar-refractivity contribution in [2.75, 3.05) is 13.2 Å². The van der Waals surface area contributed by atoms with Crippen LogP contribution in [0, 0.1) is 0 Å². The largest absolute Gasteiger partial charge is 0.394 e. The molecule has 11 nitrogen and oxygen atoms in total. The lowest BCUT2D eigenvalue weighted by atomic mass is 9.98. The lowest BCUT2D eigenvalue weighted by Gasteiger charge is -2.40. The van der Waals surface area contributed by atoms with Gasteiger partial charge in [0.25, 0.3) is 0 Å². The zero-order valence-electron chi connectivity index (χ0n) is 34.9. The fourth-order valence-electron chi connectivity index (χ4n) is 7.26. The third kappa shape index (κ3) is 25.1. The smallest absolute Gasteiger partial charge is 0.249 e. The van der Waals surface area contributed by atoms with Crippen molar-refractivity contribution in [2.45, 2.75) is 249 Å². The first-order valence-corrected chi connectivity index (χ1v) is 22.6. The normalized spacial score (nSPS) is 22.5. The molecule has 9 atom stereocenters. The van der Waals surface area contributed by atoms with Crippen LogP contribution in [0.5, 0.6) is 0 Å². The molecule has 11 heteroatoms. The van der Waals surface area contributed by atoms with Gasteiger partial charge in [0.2, 0.25) is 5.91 Å². The fraction of sp³-hybridized carbons (Fsp3) is 0.932. The van der Waals surface area contributed by atoms with Gasteiger partial charge in [0, 0.05) is 0 Å². The second-order valence-corrected chi connectivity index (χ2v) is 16.1. The van der Waals surface area contributed by atoms with Crippen LogP contribution >= 0.6 is 0 Å². The van der Waals surface area contributed by atoms with E-state index in [1.807, 2.05) is 0 Å². The van der Waals surface area contributed by atoms with Gasteiger partial charge in [-0.05, 0) is 38.5 Å². The van der Waals surface area contributed by atoms with Crippen LogP contribution in [0.3, 0.4) is 0 Å². The molecule has 0 aromatic rings. The van der Waals surface area contributed by atoms with E-state index in [1.165, 1.54) is 103 Å². The minimum atomic E-state index is -1.66. The number of aliphatic hydroxyl groups excluding tert-OH is 7. The highest BCUT2D eigenvalue weighted by molar-refractivity contribution is 5.80. The van der Waals surface area contributed by atoms with Crippen LogP contribution in [0.1, 0.15) is 194 Å². The van der Waals surface area contributed by atoms with Gasteiger partial charge >= 0.3 is 0 Å². The van der Waals surface area contributed by atoms with Gasteiger partial charge in [0.1, 0.15) is 36.6 Å². The SMILES string of the molecule is CCCCCCCCCCCCCC/C=C\CCCCCCCCCC(O)C(=O)NC(COC1OC(CO)C(O)C(O)C1O)C(O)C(O)CCCCCCC. The Kier molecular flexibility index (Phi) is 32.9. The van der Waals surface area contributed by atoms with Crippen LogP contribution in [0.15, 0.2) is 12.2 Å². The molecule has 1 rings (SSSR count). The minimum Gasteiger partial charge on any atom is -0.394 e. The van der Waals surface area contributed by atoms with E-state index < -0.39 is 74.2 Å². The summed E-state index contributed by atoms with van der Waals surface area (Å²) >= 11 is 0. The summed E-state index contributed by atoms with van der Waals surface area (Å²) in [6.07, 6.45) is 24.8. The maximum Gasteiger partial charge on any atom is 0.249 e. The molecule has 1 aliphatic rings. The average molecular weight is 788 g/mol. The van der Waals surface area contributed by atoms with Gasteiger partial charge in [-0.2, -0.15) is 0 Å². The second kappa shape index (κ2) is 34.9. The Morgan fingerprint density at radius 2 is 1.05 bits per heavy atom. The number of carbonyl (C=O) groups is 1. The first kappa shape index (κ1) is 51.9. The van der Waals surface area contributed by atoms with Gasteiger partial charge in [0.15, 0.2) is 6.29 Å². The van der Waals surface area contributed by atoms with Gasteiger partial charge in [-0.15, -0.1) is 0 Å². The molecule has 1 fully saturated rings. The molecular weight excluding hydrogens is 702 g/mol. The summed E-state index contributed by atoms with van der Waals surface area (Å²) in [5.74, 6) is -0.705. The Bertz CT molecular complexity index is 908. The number of aliphatic hydroxyl groups is 7. The first-order valence-electron chi connectivity index (χ1n) is 22.6. The van der Waals surface area contributed by atoms with Gasteiger partial charge in [0.05, 0.1) is 25.4 Å². The van der Waals surface area contributed by atoms with Crippen LogP contribution < -0.4 is 5.32 Å². The molecular formula is C44H85NO10. The Hall–Kier alpha value is -1.15. The van der Waals surface area contributed by atoms with E-state index in [0.717, 1.165) is 51.4 Å². The molecule has 0 aliphatic carbocycles. The van der Waals surface area contributed by atoms with E-state index in [0.29, 0.717) is 19.3 Å². The number of unbranched alkanes of at least 4 members (excludes halogenated alkanes) is 23. The quantitative estimate of drug-likeness (QED) is 0.0243. The third-order valence-corrected chi connectivity index (χ3v) is 11.1. The Labute approximate surface area is 334 Å². The molecule has 1 heterocycles. The summed E-state index contributed by atoms with van der Waals surface area (Å²) in [5.41, 5.74) is 0. The first-order chi connectivity index (χ1) is 26.7. The Morgan fingerprint density at radius 1 is 0.618 bits per heavy atom. The molecule has 8 N–H and O–H groups in total. The summed E-state index contributed by atoms with van der Waals surface area (Å²) in [6.45, 7) is 3.32. The molecule has 1 aliphatic heterocycles. The number of carbonyl (C=O) groups excluding carboxylic acids is 1. The maximum absolute atomic E-state index is 13.0. The number of nitrogens with one attached hydrogen (secondary N) is 1. The molecule has 326 valence electrons. The second-order valence-electron chi connectivity index (χ2n) is 16.1. The van der Waals surface area contributed by atoms with Crippen LogP contribution in [0.2, 0.25) is 0 Å². The molecule has 1 saturated heterocycles. The average Bonchev–Trinajstić information content (AvgIpc) is 3.18. The van der Waals surface area contributed by atoms with Crippen molar-refractivity contribution in [3.8, 4) is 0 Å². The molecule has 0 spiro atoms. The number of ether oxygens (including phenoxy) is 2. The van der Waals surface area contributed by atoms with E-state index in [2.05, 4.69) is 31.3 Å². The van der Waals surface area contributed by atoms with Gasteiger partial charge in [-0.1, -0.05) is 167 Å². The molecule has 1 amide bonds. The highest BCUT2D eigenvalue weighted by Gasteiger charge is 2.44. The summed E-state index contributed by atoms with van der Waals surface area (Å²) in [4.78, 5) is 13.0. The summed E-state index contributed by atoms with van der Waals surface area (Å²) in [6, 6.07) is -1.16. The number of rotatable bonds is 37. The number of hydrogen-bond donors (Lipinski definition) is 8. The topological polar surface area (TPSA) is 189 Å². The van der Waals surface area contributed by atoms with Crippen LogP contribution in [0.25, 0.3) is 0 Å². The summed E-state index contributed by atoms with van der Waals surface area (Å²) in [5, 5.41) is 75.0. The van der Waals surface area contributed by atoms with E-state index in [9.17, 15) is 40.5 Å². The van der Waals surface area contributed by atoms with Crippen molar-refractivity contribution in [2.24, 2.45) is 0 Å². The van der Waals surface area contributed by atoms with Crippen molar-refractivity contribution < 1.29 is 50.0 Å². The standard InChI is InChI=1S/C44H85NO10/c1-3-5-7-9-10-11-12-13-14-15-16-17-18-19-20-21-22-23-24-25-26-28-30-32-37(48)43(53)45-35(39(49)36(47)31-29-27-8-6-4-2)34-54-44-42(52)41(51)40(50)38(33-46)55-44/h19-20,35-42,44,46-52H,3-18,21-34H2,1-2H3,(H,45,53)/b20-19-. The van der Waals surface area contributed by atoms with Crippen molar-refractivity contribution >= 4 is 5.91 Å². The molecule has 0 saturated carbocycles. The zero-order valence-corrected chi connectivity index (χ0v) is 34.9. The number of hydrogen-bond acceptors (Lipinski definition) is 10. The number of amides is 1. The predicted octanol–water partition coefficient (Wildman–Crippen LogP) is 6.89. The van der Waals surface area contributed by atoms with Gasteiger partial charge in [-0.25, -0.2) is 0 Å². The molecule has 0 radical (unpaired) electrons. The van der Waals surface area contributed by atoms with E-state index in [4.69, 9.17) is 9.47 Å². The lowest BCUT2D eigenvalue weighted by molar-refractivity contribution is -0.303. The van der Waals surface area contributed by atoms with Crippen LogP contribution in [0.4, 0.5) is 0 Å². The highest BCUT2D eigenvalue weighted by Crippen LogP contribution is 2.23. The van der Waals surface area contributed by atoms with Crippen molar-refractivity contribution in [3.63, 3.8) is 0 Å². The zero-order chi connectivity index (χ0) is 40.5. The molecule has 0 aromatic carbocycles. The highest BCUT2D eigenvalue weighted by atomic mass is 16.7.